The van der Waals surface area contributed by atoms with Gasteiger partial charge in [-0.05, 0) is 114 Å². The van der Waals surface area contributed by atoms with Crippen molar-refractivity contribution in [1.82, 2.24) is 4.98 Å². The van der Waals surface area contributed by atoms with Crippen molar-refractivity contribution >= 4 is 28.3 Å². The van der Waals surface area contributed by atoms with Gasteiger partial charge in [0.2, 0.25) is 0 Å². The van der Waals surface area contributed by atoms with Gasteiger partial charge in [0.25, 0.3) is 5.91 Å². The number of Topliss-reactive ketones (excluding diaryl/α,β-unsaturated/α-hetero) is 1. The zero-order valence-corrected chi connectivity index (χ0v) is 29.2. The van der Waals surface area contributed by atoms with Crippen LogP contribution < -0.4 is 5.32 Å². The van der Waals surface area contributed by atoms with Crippen LogP contribution in [0.5, 0.6) is 0 Å². The van der Waals surface area contributed by atoms with Crippen LogP contribution in [0.4, 0.5) is 5.69 Å². The molecule has 244 valence electrons. The van der Waals surface area contributed by atoms with E-state index in [1.54, 1.807) is 24.3 Å². The average Bonchev–Trinajstić information content (AvgIpc) is 3.60. The molecule has 0 aliphatic carbocycles. The number of hydrogen-bond donors (Lipinski definition) is 1. The fraction of sp³-hybridized carbons (Fsp3) is 0.462. The predicted molar refractivity (Wildman–Crippen MR) is 188 cm³/mol. The second kappa shape index (κ2) is 18.9. The molecule has 1 aliphatic rings. The third-order valence-electron chi connectivity index (χ3n) is 7.78. The highest BCUT2D eigenvalue weighted by Crippen LogP contribution is 2.32. The summed E-state index contributed by atoms with van der Waals surface area (Å²) in [6, 6.07) is 13.1. The van der Waals surface area contributed by atoms with Gasteiger partial charge in [-0.25, -0.2) is 4.98 Å². The molecule has 2 aromatic carbocycles. The molecule has 2 atom stereocenters. The lowest BCUT2D eigenvalue weighted by Gasteiger charge is -2.15. The lowest BCUT2D eigenvalue weighted by molar-refractivity contribution is 0.0926. The smallest absolute Gasteiger partial charge is 0.256 e. The standard InChI is InChI=1S/C27H30N2O3.C10H18O.C2H6/c1-5-17(3)26(30)19-8-10-20(11-9-19)28-27(31)22-15-23(24-7-6-12-32-24)29-25-18(4)13-16(2)14-21(22)25;1-5-8-10(7-3)11-9(4)6-2;1-2/h8-11,13-15,17,24H,5-7,12H2,1-4H3,(H,28,31);6-7H,5,8H2,1-4H3;1-2H3/b;9-6-,10-7-;. The van der Waals surface area contributed by atoms with E-state index in [0.29, 0.717) is 16.8 Å². The molecule has 1 aliphatic heterocycles. The molecule has 1 saturated heterocycles. The van der Waals surface area contributed by atoms with Crippen LogP contribution in [0.25, 0.3) is 10.9 Å². The van der Waals surface area contributed by atoms with Crippen LogP contribution in [-0.2, 0) is 9.47 Å². The first-order chi connectivity index (χ1) is 21.6. The largest absolute Gasteiger partial charge is 0.467 e. The van der Waals surface area contributed by atoms with E-state index in [9.17, 15) is 9.59 Å². The Bertz CT molecular complexity index is 1460. The number of hydrogen-bond acceptors (Lipinski definition) is 5. The van der Waals surface area contributed by atoms with Crippen LogP contribution in [0, 0.1) is 19.8 Å². The minimum Gasteiger partial charge on any atom is -0.467 e. The van der Waals surface area contributed by atoms with E-state index in [1.165, 1.54) is 0 Å². The highest BCUT2D eigenvalue weighted by atomic mass is 16.5. The van der Waals surface area contributed by atoms with Gasteiger partial charge in [-0.2, -0.15) is 0 Å². The van der Waals surface area contributed by atoms with Gasteiger partial charge in [0.1, 0.15) is 0 Å². The normalized spacial score (nSPS) is 15.4. The number of nitrogens with zero attached hydrogens (tertiary/aromatic N) is 1. The number of ether oxygens (including phenoxy) is 2. The molecule has 1 N–H and O–H groups in total. The number of nitrogens with one attached hydrogen (secondary N) is 1. The Morgan fingerprint density at radius 2 is 1.76 bits per heavy atom. The summed E-state index contributed by atoms with van der Waals surface area (Å²) in [6.07, 6.45) is 8.81. The van der Waals surface area contributed by atoms with Crippen molar-refractivity contribution in [2.45, 2.75) is 107 Å². The van der Waals surface area contributed by atoms with Gasteiger partial charge in [0.15, 0.2) is 5.78 Å². The topological polar surface area (TPSA) is 77.5 Å². The van der Waals surface area contributed by atoms with Crippen LogP contribution in [0.2, 0.25) is 0 Å². The maximum Gasteiger partial charge on any atom is 0.256 e. The third-order valence-corrected chi connectivity index (χ3v) is 7.78. The van der Waals surface area contributed by atoms with Crippen molar-refractivity contribution in [1.29, 1.82) is 0 Å². The molecule has 1 aromatic heterocycles. The zero-order valence-electron chi connectivity index (χ0n) is 29.2. The predicted octanol–water partition coefficient (Wildman–Crippen LogP) is 10.8. The Kier molecular flexibility index (Phi) is 15.7. The monoisotopic (exact) mass is 614 g/mol. The molecule has 0 bridgehead atoms. The maximum absolute atomic E-state index is 13.3. The Morgan fingerprint density at radius 3 is 2.31 bits per heavy atom. The van der Waals surface area contributed by atoms with Crippen LogP contribution in [-0.4, -0.2) is 23.3 Å². The second-order valence-corrected chi connectivity index (χ2v) is 11.3. The Hall–Kier alpha value is -3.77. The minimum absolute atomic E-state index is 0.0127. The van der Waals surface area contributed by atoms with Crippen molar-refractivity contribution < 1.29 is 19.1 Å². The summed E-state index contributed by atoms with van der Waals surface area (Å²) in [5, 5.41) is 3.84. The van der Waals surface area contributed by atoms with E-state index in [-0.39, 0.29) is 23.7 Å². The number of anilines is 1. The lowest BCUT2D eigenvalue weighted by Crippen LogP contribution is -2.15. The maximum atomic E-state index is 13.3. The van der Waals surface area contributed by atoms with Crippen molar-refractivity contribution in [3.63, 3.8) is 0 Å². The number of aryl methyl sites for hydroxylation is 2. The first kappa shape index (κ1) is 37.4. The number of amides is 1. The molecule has 0 radical (unpaired) electrons. The number of rotatable bonds is 10. The number of aromatic nitrogens is 1. The summed E-state index contributed by atoms with van der Waals surface area (Å²) in [7, 11) is 0. The van der Waals surface area contributed by atoms with Crippen molar-refractivity contribution in [3.8, 4) is 0 Å². The van der Waals surface area contributed by atoms with Crippen LogP contribution >= 0.6 is 0 Å². The minimum atomic E-state index is -0.192. The summed E-state index contributed by atoms with van der Waals surface area (Å²) in [5.74, 6) is 1.97. The summed E-state index contributed by atoms with van der Waals surface area (Å²) in [4.78, 5) is 30.6. The molecule has 3 aromatic rings. The van der Waals surface area contributed by atoms with Crippen LogP contribution in [0.1, 0.15) is 131 Å². The average molecular weight is 615 g/mol. The number of allylic oxidation sites excluding steroid dienone is 4. The number of fused-ring (bicyclic) bond motifs is 1. The molecule has 4 rings (SSSR count). The first-order valence-electron chi connectivity index (χ1n) is 16.6. The number of carbonyl (C=O) groups excluding carboxylic acids is 2. The summed E-state index contributed by atoms with van der Waals surface area (Å²) >= 11 is 0. The zero-order chi connectivity index (χ0) is 33.5. The summed E-state index contributed by atoms with van der Waals surface area (Å²) in [6.45, 7) is 20.8. The summed E-state index contributed by atoms with van der Waals surface area (Å²) in [5.41, 5.74) is 5.68. The van der Waals surface area contributed by atoms with E-state index in [1.807, 2.05) is 86.6 Å². The van der Waals surface area contributed by atoms with E-state index in [4.69, 9.17) is 14.5 Å². The van der Waals surface area contributed by atoms with Gasteiger partial charge in [-0.1, -0.05) is 46.2 Å². The molecule has 6 heteroatoms. The van der Waals surface area contributed by atoms with Crippen LogP contribution in [0.3, 0.4) is 0 Å². The van der Waals surface area contributed by atoms with Gasteiger partial charge in [0, 0.05) is 35.6 Å². The van der Waals surface area contributed by atoms with Crippen molar-refractivity contribution in [2.75, 3.05) is 11.9 Å². The SMILES string of the molecule is C/C=C(/C)O/C(=C\C)CCC.CC.CCC(C)C(=O)c1ccc(NC(=O)c2cc(C3CCCO3)nc3c(C)cc(C)cc23)cc1. The highest BCUT2D eigenvalue weighted by molar-refractivity contribution is 6.13. The number of ketones is 1. The number of carbonyl (C=O) groups is 2. The summed E-state index contributed by atoms with van der Waals surface area (Å²) < 4.78 is 11.4. The molecular formula is C39H54N2O4. The van der Waals surface area contributed by atoms with E-state index in [2.05, 4.69) is 18.3 Å². The molecule has 2 heterocycles. The first-order valence-corrected chi connectivity index (χ1v) is 16.6. The molecule has 6 nitrogen and oxygen atoms in total. The van der Waals surface area contributed by atoms with E-state index >= 15 is 0 Å². The number of benzene rings is 2. The fourth-order valence-corrected chi connectivity index (χ4v) is 5.02. The van der Waals surface area contributed by atoms with Crippen molar-refractivity contribution in [2.24, 2.45) is 5.92 Å². The molecular weight excluding hydrogens is 560 g/mol. The van der Waals surface area contributed by atoms with Gasteiger partial charge < -0.3 is 14.8 Å². The fourth-order valence-electron chi connectivity index (χ4n) is 5.02. The number of pyridine rings is 1. The molecule has 0 spiro atoms. The highest BCUT2D eigenvalue weighted by Gasteiger charge is 2.23. The van der Waals surface area contributed by atoms with Crippen LogP contribution in [0.15, 0.2) is 66.1 Å². The second-order valence-electron chi connectivity index (χ2n) is 11.3. The van der Waals surface area contributed by atoms with Crippen molar-refractivity contribution in [3.05, 3.63) is 94.1 Å². The van der Waals surface area contributed by atoms with E-state index < -0.39 is 0 Å². The lowest BCUT2D eigenvalue weighted by atomic mass is 9.97. The van der Waals surface area contributed by atoms with Gasteiger partial charge in [-0.15, -0.1) is 0 Å². The van der Waals surface area contributed by atoms with Gasteiger partial charge in [0.05, 0.1) is 34.4 Å². The Balaban J connectivity index is 0.000000461. The van der Waals surface area contributed by atoms with E-state index in [0.717, 1.165) is 78.0 Å². The quantitative estimate of drug-likeness (QED) is 0.182. The molecule has 1 fully saturated rings. The Morgan fingerprint density at radius 1 is 1.07 bits per heavy atom. The Labute approximate surface area is 271 Å². The van der Waals surface area contributed by atoms with Gasteiger partial charge >= 0.3 is 0 Å². The molecule has 45 heavy (non-hydrogen) atoms. The van der Waals surface area contributed by atoms with Gasteiger partial charge in [-0.3, -0.25) is 9.59 Å². The molecule has 1 amide bonds. The molecule has 0 saturated carbocycles. The molecule has 2 unspecified atom stereocenters. The third kappa shape index (κ3) is 10.7.